The Labute approximate surface area is 154 Å². The second kappa shape index (κ2) is 9.32. The summed E-state index contributed by atoms with van der Waals surface area (Å²) in [4.78, 5) is 0. The summed E-state index contributed by atoms with van der Waals surface area (Å²) in [6.45, 7) is 11.0. The maximum Gasteiger partial charge on any atom is 0.183 e. The van der Waals surface area contributed by atoms with Gasteiger partial charge in [0.2, 0.25) is 0 Å². The van der Waals surface area contributed by atoms with Gasteiger partial charge in [0, 0.05) is 18.6 Å². The maximum absolute atomic E-state index is 6.40. The third-order valence-corrected chi connectivity index (χ3v) is 5.28. The number of hydrogen-bond acceptors (Lipinski definition) is 2. The van der Waals surface area contributed by atoms with Gasteiger partial charge in [-0.2, -0.15) is 0 Å². The highest BCUT2D eigenvalue weighted by Crippen LogP contribution is 2.30. The Hall–Kier alpha value is -1.42. The van der Waals surface area contributed by atoms with Crippen molar-refractivity contribution in [1.82, 2.24) is 0 Å². The van der Waals surface area contributed by atoms with Gasteiger partial charge in [0.05, 0.1) is 6.61 Å². The molecule has 3 heteroatoms. The molecule has 2 aromatic rings. The van der Waals surface area contributed by atoms with Gasteiger partial charge < -0.3 is 9.16 Å². The van der Waals surface area contributed by atoms with E-state index in [1.165, 1.54) is 11.1 Å². The first-order valence-corrected chi connectivity index (χ1v) is 12.6. The summed E-state index contributed by atoms with van der Waals surface area (Å²) in [5.74, 6) is 0. The molecule has 0 aliphatic rings. The molecular weight excluding hydrogens is 324 g/mol. The molecule has 0 fully saturated rings. The van der Waals surface area contributed by atoms with Crippen molar-refractivity contribution in [2.75, 3.05) is 19.8 Å². The number of benzene rings is 2. The van der Waals surface area contributed by atoms with Crippen molar-refractivity contribution in [2.24, 2.45) is 5.41 Å². The van der Waals surface area contributed by atoms with Crippen LogP contribution in [0.3, 0.4) is 0 Å². The monoisotopic (exact) mass is 356 g/mol. The van der Waals surface area contributed by atoms with Crippen LogP contribution in [0.1, 0.15) is 18.1 Å². The van der Waals surface area contributed by atoms with Gasteiger partial charge in [-0.3, -0.25) is 0 Å². The number of hydrogen-bond donors (Lipinski definition) is 0. The van der Waals surface area contributed by atoms with Crippen LogP contribution >= 0.6 is 0 Å². The van der Waals surface area contributed by atoms with E-state index in [0.29, 0.717) is 0 Å². The van der Waals surface area contributed by atoms with Gasteiger partial charge >= 0.3 is 0 Å². The van der Waals surface area contributed by atoms with Gasteiger partial charge in [-0.15, -0.1) is 0 Å². The lowest BCUT2D eigenvalue weighted by molar-refractivity contribution is 0.0161. The molecule has 0 spiro atoms. The van der Waals surface area contributed by atoms with Crippen molar-refractivity contribution in [3.05, 3.63) is 71.8 Å². The lowest BCUT2D eigenvalue weighted by Gasteiger charge is -2.36. The third kappa shape index (κ3) is 7.15. The summed E-state index contributed by atoms with van der Waals surface area (Å²) in [7, 11) is -1.60. The highest BCUT2D eigenvalue weighted by Gasteiger charge is 2.33. The molecule has 0 atom stereocenters. The first-order chi connectivity index (χ1) is 11.9. The Morgan fingerprint density at radius 3 is 1.64 bits per heavy atom. The van der Waals surface area contributed by atoms with Gasteiger partial charge in [-0.05, 0) is 50.5 Å². The summed E-state index contributed by atoms with van der Waals surface area (Å²) in [6.07, 6.45) is 1.93. The van der Waals surface area contributed by atoms with Gasteiger partial charge in [-0.25, -0.2) is 0 Å². The smallest absolute Gasteiger partial charge is 0.183 e. The van der Waals surface area contributed by atoms with E-state index in [2.05, 4.69) is 87.2 Å². The topological polar surface area (TPSA) is 18.5 Å². The maximum atomic E-state index is 6.40. The molecule has 25 heavy (non-hydrogen) atoms. The molecule has 0 N–H and O–H groups in total. The van der Waals surface area contributed by atoms with E-state index < -0.39 is 8.32 Å². The van der Waals surface area contributed by atoms with Gasteiger partial charge in [0.25, 0.3) is 0 Å². The van der Waals surface area contributed by atoms with E-state index in [1.54, 1.807) is 0 Å². The minimum atomic E-state index is -1.60. The minimum Gasteiger partial charge on any atom is -0.417 e. The van der Waals surface area contributed by atoms with Gasteiger partial charge in [-0.1, -0.05) is 60.7 Å². The van der Waals surface area contributed by atoms with Crippen LogP contribution in [0, 0.1) is 5.41 Å². The molecule has 0 aliphatic heterocycles. The van der Waals surface area contributed by atoms with Crippen LogP contribution in [-0.2, 0) is 22.0 Å². The van der Waals surface area contributed by atoms with Crippen LogP contribution in [0.15, 0.2) is 60.7 Å². The fourth-order valence-electron chi connectivity index (χ4n) is 3.05. The van der Waals surface area contributed by atoms with Crippen LogP contribution in [-0.4, -0.2) is 28.1 Å². The van der Waals surface area contributed by atoms with Crippen LogP contribution < -0.4 is 0 Å². The second-order valence-electron chi connectivity index (χ2n) is 7.86. The highest BCUT2D eigenvalue weighted by atomic mass is 28.4. The SMILES string of the molecule is CCOCC(CO[Si](C)(C)C)(Cc1ccccc1)Cc1ccccc1. The summed E-state index contributed by atoms with van der Waals surface area (Å²) in [6, 6.07) is 21.4. The lowest BCUT2D eigenvalue weighted by atomic mass is 9.78. The Morgan fingerprint density at radius 2 is 1.24 bits per heavy atom. The molecule has 0 heterocycles. The van der Waals surface area contributed by atoms with Gasteiger partial charge in [0.15, 0.2) is 8.32 Å². The predicted molar refractivity (Wildman–Crippen MR) is 109 cm³/mol. The first-order valence-electron chi connectivity index (χ1n) is 9.22. The molecule has 0 radical (unpaired) electrons. The standard InChI is InChI=1S/C22H32O2Si/c1-5-23-18-22(19-24-25(2,3)4,16-20-12-8-6-9-13-20)17-21-14-10-7-11-15-21/h6-15H,5,16-19H2,1-4H3. The minimum absolute atomic E-state index is 0.0427. The zero-order valence-electron chi connectivity index (χ0n) is 16.1. The van der Waals surface area contributed by atoms with Crippen molar-refractivity contribution in [3.8, 4) is 0 Å². The van der Waals surface area contributed by atoms with Crippen LogP contribution in [0.2, 0.25) is 19.6 Å². The average Bonchev–Trinajstić information content (AvgIpc) is 2.59. The fraction of sp³-hybridized carbons (Fsp3) is 0.455. The highest BCUT2D eigenvalue weighted by molar-refractivity contribution is 6.69. The zero-order valence-corrected chi connectivity index (χ0v) is 17.1. The molecule has 136 valence electrons. The average molecular weight is 357 g/mol. The van der Waals surface area contributed by atoms with Crippen molar-refractivity contribution < 1.29 is 9.16 Å². The van der Waals surface area contributed by atoms with Crippen molar-refractivity contribution >= 4 is 8.32 Å². The quantitative estimate of drug-likeness (QED) is 0.535. The molecule has 0 aliphatic carbocycles. The molecule has 2 rings (SSSR count). The molecule has 0 aromatic heterocycles. The fourth-order valence-corrected chi connectivity index (χ4v) is 3.79. The van der Waals surface area contributed by atoms with Crippen molar-refractivity contribution in [3.63, 3.8) is 0 Å². The normalized spacial score (nSPS) is 12.3. The van der Waals surface area contributed by atoms with E-state index in [-0.39, 0.29) is 5.41 Å². The van der Waals surface area contributed by atoms with Crippen molar-refractivity contribution in [1.29, 1.82) is 0 Å². The van der Waals surface area contributed by atoms with E-state index in [1.807, 2.05) is 0 Å². The number of ether oxygens (including phenoxy) is 1. The largest absolute Gasteiger partial charge is 0.417 e. The molecule has 0 unspecified atom stereocenters. The summed E-state index contributed by atoms with van der Waals surface area (Å²) < 4.78 is 12.3. The second-order valence-corrected chi connectivity index (χ2v) is 12.4. The van der Waals surface area contributed by atoms with Crippen LogP contribution in [0.25, 0.3) is 0 Å². The molecule has 0 amide bonds. The molecule has 2 aromatic carbocycles. The Morgan fingerprint density at radius 1 is 0.760 bits per heavy atom. The van der Waals surface area contributed by atoms with Crippen LogP contribution in [0.4, 0.5) is 0 Å². The van der Waals surface area contributed by atoms with Crippen LogP contribution in [0.5, 0.6) is 0 Å². The third-order valence-electron chi connectivity index (χ3n) is 4.27. The zero-order chi connectivity index (χ0) is 18.2. The first kappa shape index (κ1) is 19.9. The Balaban J connectivity index is 2.29. The summed E-state index contributed by atoms with van der Waals surface area (Å²) >= 11 is 0. The summed E-state index contributed by atoms with van der Waals surface area (Å²) in [5.41, 5.74) is 2.65. The van der Waals surface area contributed by atoms with E-state index >= 15 is 0 Å². The Bertz CT molecular complexity index is 563. The molecule has 2 nitrogen and oxygen atoms in total. The van der Waals surface area contributed by atoms with Crippen molar-refractivity contribution in [2.45, 2.75) is 39.4 Å². The van der Waals surface area contributed by atoms with E-state index in [0.717, 1.165) is 32.7 Å². The molecular formula is C22H32O2Si. The Kier molecular flexibility index (Phi) is 7.42. The number of rotatable bonds is 10. The summed E-state index contributed by atoms with van der Waals surface area (Å²) in [5, 5.41) is 0. The van der Waals surface area contributed by atoms with E-state index in [4.69, 9.17) is 9.16 Å². The predicted octanol–water partition coefficient (Wildman–Crippen LogP) is 5.35. The molecule has 0 saturated heterocycles. The molecule has 0 saturated carbocycles. The van der Waals surface area contributed by atoms with Gasteiger partial charge in [0.1, 0.15) is 0 Å². The van der Waals surface area contributed by atoms with E-state index in [9.17, 15) is 0 Å². The lowest BCUT2D eigenvalue weighted by Crippen LogP contribution is -2.41. The molecule has 0 bridgehead atoms.